The van der Waals surface area contributed by atoms with Crippen molar-refractivity contribution in [2.45, 2.75) is 45.2 Å². The van der Waals surface area contributed by atoms with Crippen molar-refractivity contribution in [3.63, 3.8) is 0 Å². The van der Waals surface area contributed by atoms with Crippen molar-refractivity contribution in [2.24, 2.45) is 0 Å². The maximum Gasteiger partial charge on any atom is 0.267 e. The van der Waals surface area contributed by atoms with Crippen molar-refractivity contribution in [3.05, 3.63) is 74.7 Å². The molecule has 2 atom stereocenters. The minimum Gasteiger partial charge on any atom is -0.321 e. The molecule has 2 N–H and O–H groups in total. The highest BCUT2D eigenvalue weighted by atomic mass is 35.5. The SMILES string of the molecule is CCc1ccc(/C(=C\[C@H]2CCC(C(C)=O)N2)c2ccc(Cl)c(=O)[nH]2)cc1. The van der Waals surface area contributed by atoms with E-state index in [4.69, 9.17) is 11.6 Å². The second-order valence-corrected chi connectivity index (χ2v) is 7.10. The number of nitrogens with one attached hydrogen (secondary N) is 2. The van der Waals surface area contributed by atoms with Gasteiger partial charge in [-0.2, -0.15) is 0 Å². The first-order valence-electron chi connectivity index (χ1n) is 8.94. The number of rotatable bonds is 5. The van der Waals surface area contributed by atoms with Crippen molar-refractivity contribution in [1.82, 2.24) is 10.3 Å². The standard InChI is InChI=1S/C21H23ClN2O2/c1-3-14-4-6-15(7-5-14)17(20-11-9-18(22)21(26)24-20)12-16-8-10-19(23-16)13(2)25/h4-7,9,11-12,16,19,23H,3,8,10H2,1-2H3,(H,24,26)/b17-12+/t16-,19?/m1/s1. The summed E-state index contributed by atoms with van der Waals surface area (Å²) in [7, 11) is 0. The molecule has 1 aliphatic heterocycles. The molecule has 2 heterocycles. The largest absolute Gasteiger partial charge is 0.321 e. The van der Waals surface area contributed by atoms with Crippen LogP contribution in [0.2, 0.25) is 5.02 Å². The number of hydrogen-bond acceptors (Lipinski definition) is 3. The highest BCUT2D eigenvalue weighted by Crippen LogP contribution is 2.26. The van der Waals surface area contributed by atoms with Gasteiger partial charge in [-0.15, -0.1) is 0 Å². The number of carbonyl (C=O) groups excluding carboxylic acids is 1. The Kier molecular flexibility index (Phi) is 5.74. The normalized spacial score (nSPS) is 20.3. The van der Waals surface area contributed by atoms with E-state index in [1.54, 1.807) is 13.0 Å². The molecule has 0 radical (unpaired) electrons. The van der Waals surface area contributed by atoms with Crippen LogP contribution in [-0.2, 0) is 11.2 Å². The molecular formula is C21H23ClN2O2. The Balaban J connectivity index is 2.00. The van der Waals surface area contributed by atoms with E-state index in [0.717, 1.165) is 36.1 Å². The van der Waals surface area contributed by atoms with Crippen molar-refractivity contribution in [3.8, 4) is 0 Å². The molecule has 0 spiro atoms. The van der Waals surface area contributed by atoms with Crippen LogP contribution in [0.5, 0.6) is 0 Å². The summed E-state index contributed by atoms with van der Waals surface area (Å²) in [6.45, 7) is 3.73. The Hall–Kier alpha value is -2.17. The molecule has 1 aromatic heterocycles. The maximum absolute atomic E-state index is 12.0. The predicted molar refractivity (Wildman–Crippen MR) is 106 cm³/mol. The van der Waals surface area contributed by atoms with E-state index in [0.29, 0.717) is 0 Å². The minimum atomic E-state index is -0.304. The van der Waals surface area contributed by atoms with Crippen LogP contribution >= 0.6 is 11.6 Å². The molecule has 26 heavy (non-hydrogen) atoms. The lowest BCUT2D eigenvalue weighted by Crippen LogP contribution is -2.33. The van der Waals surface area contributed by atoms with Crippen LogP contribution in [0.1, 0.15) is 43.5 Å². The van der Waals surface area contributed by atoms with Gasteiger partial charge in [0.1, 0.15) is 10.8 Å². The van der Waals surface area contributed by atoms with Gasteiger partial charge in [-0.05, 0) is 49.4 Å². The van der Waals surface area contributed by atoms with Crippen molar-refractivity contribution in [2.75, 3.05) is 0 Å². The number of carbonyl (C=O) groups is 1. The molecule has 3 rings (SSSR count). The molecular weight excluding hydrogens is 348 g/mol. The highest BCUT2D eigenvalue weighted by molar-refractivity contribution is 6.30. The number of H-pyrrole nitrogens is 1. The van der Waals surface area contributed by atoms with Gasteiger partial charge >= 0.3 is 0 Å². The van der Waals surface area contributed by atoms with Gasteiger partial charge in [-0.3, -0.25) is 9.59 Å². The van der Waals surface area contributed by atoms with E-state index in [-0.39, 0.29) is 28.4 Å². The van der Waals surface area contributed by atoms with Crippen LogP contribution in [0.3, 0.4) is 0 Å². The monoisotopic (exact) mass is 370 g/mol. The molecule has 1 fully saturated rings. The molecule has 2 aromatic rings. The average Bonchev–Trinajstić information content (AvgIpc) is 3.11. The summed E-state index contributed by atoms with van der Waals surface area (Å²) in [5, 5.41) is 3.54. The lowest BCUT2D eigenvalue weighted by molar-refractivity contribution is -0.118. The fourth-order valence-electron chi connectivity index (χ4n) is 3.30. The predicted octanol–water partition coefficient (Wildman–Crippen LogP) is 3.73. The van der Waals surface area contributed by atoms with Crippen molar-refractivity contribution in [1.29, 1.82) is 0 Å². The lowest BCUT2D eigenvalue weighted by Gasteiger charge is -2.14. The number of ketones is 1. The van der Waals surface area contributed by atoms with Gasteiger partial charge in [0, 0.05) is 17.3 Å². The summed E-state index contributed by atoms with van der Waals surface area (Å²) >= 11 is 5.88. The van der Waals surface area contributed by atoms with E-state index in [1.165, 1.54) is 5.56 Å². The average molecular weight is 371 g/mol. The molecule has 0 saturated carbocycles. The third-order valence-electron chi connectivity index (χ3n) is 4.86. The fourth-order valence-corrected chi connectivity index (χ4v) is 3.41. The summed E-state index contributed by atoms with van der Waals surface area (Å²) < 4.78 is 0. The zero-order valence-corrected chi connectivity index (χ0v) is 15.8. The quantitative estimate of drug-likeness (QED) is 0.842. The third-order valence-corrected chi connectivity index (χ3v) is 5.16. The van der Waals surface area contributed by atoms with E-state index in [9.17, 15) is 9.59 Å². The Labute approximate surface area is 158 Å². The zero-order valence-electron chi connectivity index (χ0n) is 15.0. The summed E-state index contributed by atoms with van der Waals surface area (Å²) in [5.74, 6) is 0.162. The summed E-state index contributed by atoms with van der Waals surface area (Å²) in [5.41, 5.74) is 3.63. The molecule has 0 amide bonds. The number of aryl methyl sites for hydroxylation is 1. The van der Waals surface area contributed by atoms with Crippen LogP contribution < -0.4 is 10.9 Å². The maximum atomic E-state index is 12.0. The fraction of sp³-hybridized carbons (Fsp3) is 0.333. The molecule has 1 aromatic carbocycles. The summed E-state index contributed by atoms with van der Waals surface area (Å²) in [6, 6.07) is 11.7. The molecule has 136 valence electrons. The second-order valence-electron chi connectivity index (χ2n) is 6.69. The zero-order chi connectivity index (χ0) is 18.7. The topological polar surface area (TPSA) is 62.0 Å². The molecule has 1 aliphatic rings. The number of halogens is 1. The second kappa shape index (κ2) is 8.02. The minimum absolute atomic E-state index is 0.0870. The summed E-state index contributed by atoms with van der Waals surface area (Å²) in [4.78, 5) is 26.5. The van der Waals surface area contributed by atoms with Gasteiger partial charge in [0.05, 0.1) is 6.04 Å². The van der Waals surface area contributed by atoms with Gasteiger partial charge in [-0.25, -0.2) is 0 Å². The Morgan fingerprint density at radius 1 is 1.19 bits per heavy atom. The number of Topliss-reactive ketones (excluding diaryl/α,β-unsaturated/α-hetero) is 1. The Bertz CT molecular complexity index is 884. The Morgan fingerprint density at radius 2 is 1.92 bits per heavy atom. The number of pyridine rings is 1. The van der Waals surface area contributed by atoms with Gasteiger partial charge in [0.25, 0.3) is 5.56 Å². The third kappa shape index (κ3) is 4.14. The number of aromatic nitrogens is 1. The molecule has 0 bridgehead atoms. The molecule has 0 aliphatic carbocycles. The van der Waals surface area contributed by atoms with Crippen LogP contribution in [-0.4, -0.2) is 22.9 Å². The molecule has 1 saturated heterocycles. The van der Waals surface area contributed by atoms with Gasteiger partial charge in [0.2, 0.25) is 0 Å². The molecule has 4 nitrogen and oxygen atoms in total. The summed E-state index contributed by atoms with van der Waals surface area (Å²) in [6.07, 6.45) is 4.79. The first-order chi connectivity index (χ1) is 12.5. The molecule has 1 unspecified atom stereocenters. The van der Waals surface area contributed by atoms with E-state index in [1.807, 2.05) is 6.07 Å². The Morgan fingerprint density at radius 3 is 2.50 bits per heavy atom. The van der Waals surface area contributed by atoms with E-state index < -0.39 is 0 Å². The van der Waals surface area contributed by atoms with E-state index >= 15 is 0 Å². The smallest absolute Gasteiger partial charge is 0.267 e. The van der Waals surface area contributed by atoms with Crippen LogP contribution in [0.15, 0.2) is 47.3 Å². The number of hydrogen-bond donors (Lipinski definition) is 2. The van der Waals surface area contributed by atoms with Gasteiger partial charge in [0.15, 0.2) is 0 Å². The van der Waals surface area contributed by atoms with Crippen LogP contribution in [0.25, 0.3) is 5.57 Å². The highest BCUT2D eigenvalue weighted by Gasteiger charge is 2.26. The van der Waals surface area contributed by atoms with E-state index in [2.05, 4.69) is 47.6 Å². The first-order valence-corrected chi connectivity index (χ1v) is 9.32. The lowest BCUT2D eigenvalue weighted by atomic mass is 9.97. The van der Waals surface area contributed by atoms with Crippen molar-refractivity contribution >= 4 is 23.0 Å². The number of aromatic amines is 1. The van der Waals surface area contributed by atoms with Gasteiger partial charge < -0.3 is 10.3 Å². The van der Waals surface area contributed by atoms with Crippen LogP contribution in [0.4, 0.5) is 0 Å². The number of benzene rings is 1. The first kappa shape index (κ1) is 18.6. The van der Waals surface area contributed by atoms with Gasteiger partial charge in [-0.1, -0.05) is 48.9 Å². The van der Waals surface area contributed by atoms with Crippen molar-refractivity contribution < 1.29 is 4.79 Å². The van der Waals surface area contributed by atoms with Crippen LogP contribution in [0, 0.1) is 0 Å². The molecule has 5 heteroatoms.